The number of nitrogens with zero attached hydrogens (tertiary/aromatic N) is 3. The molecule has 0 N–H and O–H groups in total. The number of sulfone groups is 1. The lowest BCUT2D eigenvalue weighted by Gasteiger charge is -2.48. The monoisotopic (exact) mass is 567 g/mol. The van der Waals surface area contributed by atoms with Crippen molar-refractivity contribution in [2.45, 2.75) is 54.2 Å². The van der Waals surface area contributed by atoms with Crippen molar-refractivity contribution in [1.29, 1.82) is 5.26 Å². The molecule has 1 aliphatic carbocycles. The maximum absolute atomic E-state index is 12.9. The van der Waals surface area contributed by atoms with E-state index in [2.05, 4.69) is 53.1 Å². The molecule has 3 aliphatic rings. The predicted molar refractivity (Wildman–Crippen MR) is 163 cm³/mol. The van der Waals surface area contributed by atoms with Gasteiger partial charge in [0.05, 0.1) is 21.3 Å². The smallest absolute Gasteiger partial charge is 0.206 e. The first-order chi connectivity index (χ1) is 19.9. The molecule has 3 fully saturated rings. The van der Waals surface area contributed by atoms with Gasteiger partial charge in [-0.05, 0) is 92.1 Å². The normalized spacial score (nSPS) is 24.0. The first kappa shape index (κ1) is 28.0. The zero-order chi connectivity index (χ0) is 28.5. The van der Waals surface area contributed by atoms with Crippen LogP contribution in [0.2, 0.25) is 0 Å². The quantitative estimate of drug-likeness (QED) is 0.308. The van der Waals surface area contributed by atoms with Crippen LogP contribution in [0.25, 0.3) is 0 Å². The molecule has 0 bridgehead atoms. The first-order valence-corrected chi connectivity index (χ1v) is 16.7. The number of rotatable bonds is 8. The summed E-state index contributed by atoms with van der Waals surface area (Å²) in [5.41, 5.74) is 1.94. The second-order valence-electron chi connectivity index (χ2n) is 12.5. The lowest BCUT2D eigenvalue weighted by Crippen LogP contribution is -2.54. The van der Waals surface area contributed by atoms with Gasteiger partial charge < -0.3 is 9.80 Å². The highest BCUT2D eigenvalue weighted by Gasteiger charge is 2.51. The Hall–Kier alpha value is -3.14. The van der Waals surface area contributed by atoms with Crippen LogP contribution in [0.1, 0.15) is 44.6 Å². The predicted octanol–water partition coefficient (Wildman–Crippen LogP) is 6.57. The van der Waals surface area contributed by atoms with E-state index >= 15 is 0 Å². The fourth-order valence-electron chi connectivity index (χ4n) is 7.93. The fraction of sp³-hybridized carbons (Fsp3) is 0.457. The molecular weight excluding hydrogens is 526 g/mol. The molecule has 3 aromatic rings. The summed E-state index contributed by atoms with van der Waals surface area (Å²) in [6, 6.07) is 29.6. The van der Waals surface area contributed by atoms with Gasteiger partial charge in [-0.3, -0.25) is 0 Å². The van der Waals surface area contributed by atoms with Crippen molar-refractivity contribution in [3.63, 3.8) is 0 Å². The Kier molecular flexibility index (Phi) is 7.94. The minimum atomic E-state index is -3.49. The van der Waals surface area contributed by atoms with Crippen LogP contribution in [-0.4, -0.2) is 46.0 Å². The lowest BCUT2D eigenvalue weighted by molar-refractivity contribution is 0.0931. The molecule has 0 spiro atoms. The van der Waals surface area contributed by atoms with Crippen molar-refractivity contribution in [3.05, 3.63) is 90.5 Å². The molecule has 0 radical (unpaired) electrons. The third-order valence-electron chi connectivity index (χ3n) is 10.2. The molecule has 0 aromatic heterocycles. The van der Waals surface area contributed by atoms with Gasteiger partial charge in [-0.15, -0.1) is 0 Å². The third-order valence-corrected chi connectivity index (χ3v) is 11.9. The third kappa shape index (κ3) is 5.31. The molecule has 2 saturated heterocycles. The summed E-state index contributed by atoms with van der Waals surface area (Å²) in [4.78, 5) is 5.62. The van der Waals surface area contributed by atoms with Crippen molar-refractivity contribution >= 4 is 15.5 Å². The van der Waals surface area contributed by atoms with Crippen LogP contribution in [0.4, 0.5) is 5.69 Å². The molecular formula is C35H41N3O2S. The van der Waals surface area contributed by atoms with E-state index < -0.39 is 9.84 Å². The Morgan fingerprint density at radius 3 is 2.02 bits per heavy atom. The lowest BCUT2D eigenvalue weighted by atomic mass is 9.58. The summed E-state index contributed by atoms with van der Waals surface area (Å²) in [6.45, 7) is 7.57. The summed E-state index contributed by atoms with van der Waals surface area (Å²) < 4.78 is 25.8. The van der Waals surface area contributed by atoms with E-state index in [1.807, 2.05) is 18.2 Å². The van der Waals surface area contributed by atoms with Crippen molar-refractivity contribution in [3.8, 4) is 6.07 Å². The number of hydrogen-bond acceptors (Lipinski definition) is 5. The standard InChI is InChI=1S/C35H41N3O2S/c1-27-9-8-14-34(27)35(26-36,29-10-4-2-5-11-29)30-19-21-37(22-20-30)23-28-24-38(25-28)31-15-17-33(18-16-31)41(39,40)32-12-6-3-7-13-32/h2-7,10-13,15-18,27-28,30,34H,8-9,14,19-25H2,1H3/t27-,34-,35?/m1/s1. The van der Waals surface area contributed by atoms with E-state index in [4.69, 9.17) is 0 Å². The summed E-state index contributed by atoms with van der Waals surface area (Å²) in [5.74, 6) is 2.06. The number of piperidine rings is 1. The number of likely N-dealkylation sites (tertiary alicyclic amines) is 1. The molecule has 6 heteroatoms. The van der Waals surface area contributed by atoms with Gasteiger partial charge in [-0.25, -0.2) is 8.42 Å². The summed E-state index contributed by atoms with van der Waals surface area (Å²) in [7, 11) is -3.49. The second kappa shape index (κ2) is 11.6. The van der Waals surface area contributed by atoms with Crippen LogP contribution in [0, 0.1) is 35.0 Å². The van der Waals surface area contributed by atoms with Crippen LogP contribution in [0.15, 0.2) is 94.7 Å². The molecule has 2 heterocycles. The zero-order valence-electron chi connectivity index (χ0n) is 24.0. The number of anilines is 1. The minimum Gasteiger partial charge on any atom is -0.371 e. The average molecular weight is 568 g/mol. The summed E-state index contributed by atoms with van der Waals surface area (Å²) in [6.07, 6.45) is 5.81. The maximum atomic E-state index is 12.9. The largest absolute Gasteiger partial charge is 0.371 e. The van der Waals surface area contributed by atoms with Gasteiger partial charge in [0, 0.05) is 31.2 Å². The molecule has 1 unspecified atom stereocenters. The van der Waals surface area contributed by atoms with E-state index in [0.29, 0.717) is 33.5 Å². The van der Waals surface area contributed by atoms with E-state index in [1.54, 1.807) is 36.4 Å². The van der Waals surface area contributed by atoms with Crippen LogP contribution >= 0.6 is 0 Å². The van der Waals surface area contributed by atoms with Crippen LogP contribution < -0.4 is 4.90 Å². The van der Waals surface area contributed by atoms with Gasteiger partial charge >= 0.3 is 0 Å². The van der Waals surface area contributed by atoms with Crippen molar-refractivity contribution in [2.75, 3.05) is 37.6 Å². The zero-order valence-corrected chi connectivity index (χ0v) is 24.8. The van der Waals surface area contributed by atoms with E-state index in [1.165, 1.54) is 24.8 Å². The Morgan fingerprint density at radius 2 is 1.44 bits per heavy atom. The van der Waals surface area contributed by atoms with Crippen molar-refractivity contribution in [1.82, 2.24) is 4.90 Å². The van der Waals surface area contributed by atoms with E-state index in [-0.39, 0.29) is 5.41 Å². The highest BCUT2D eigenvalue weighted by molar-refractivity contribution is 7.91. The molecule has 1 saturated carbocycles. The van der Waals surface area contributed by atoms with E-state index in [0.717, 1.165) is 51.3 Å². The van der Waals surface area contributed by atoms with Gasteiger partial charge in [0.1, 0.15) is 0 Å². The Labute approximate surface area is 245 Å². The molecule has 3 aromatic carbocycles. The second-order valence-corrected chi connectivity index (χ2v) is 14.5. The first-order valence-electron chi connectivity index (χ1n) is 15.3. The highest BCUT2D eigenvalue weighted by atomic mass is 32.2. The maximum Gasteiger partial charge on any atom is 0.206 e. The van der Waals surface area contributed by atoms with Gasteiger partial charge in [0.15, 0.2) is 0 Å². The molecule has 0 amide bonds. The average Bonchev–Trinajstić information content (AvgIpc) is 3.43. The Morgan fingerprint density at radius 1 is 0.829 bits per heavy atom. The molecule has 214 valence electrons. The van der Waals surface area contributed by atoms with Gasteiger partial charge in [-0.2, -0.15) is 5.26 Å². The van der Waals surface area contributed by atoms with Gasteiger partial charge in [0.25, 0.3) is 0 Å². The van der Waals surface area contributed by atoms with Crippen LogP contribution in [0.3, 0.4) is 0 Å². The van der Waals surface area contributed by atoms with Crippen LogP contribution in [0.5, 0.6) is 0 Å². The minimum absolute atomic E-state index is 0.328. The topological polar surface area (TPSA) is 64.4 Å². The van der Waals surface area contributed by atoms with Gasteiger partial charge in [-0.1, -0.05) is 68.3 Å². The SMILES string of the molecule is C[C@@H]1CCC[C@H]1C(C#N)(c1ccccc1)C1CCN(CC2CN(c3ccc(S(=O)(=O)c4ccccc4)cc3)C2)CC1. The highest BCUT2D eigenvalue weighted by Crippen LogP contribution is 2.52. The van der Waals surface area contributed by atoms with Crippen molar-refractivity contribution < 1.29 is 8.42 Å². The number of hydrogen-bond donors (Lipinski definition) is 0. The molecule has 2 aliphatic heterocycles. The fourth-order valence-corrected chi connectivity index (χ4v) is 9.21. The molecule has 6 rings (SSSR count). The van der Waals surface area contributed by atoms with E-state index in [9.17, 15) is 13.7 Å². The van der Waals surface area contributed by atoms with Crippen LogP contribution in [-0.2, 0) is 15.3 Å². The Bertz CT molecular complexity index is 1460. The van der Waals surface area contributed by atoms with Gasteiger partial charge in [0.2, 0.25) is 9.84 Å². The summed E-state index contributed by atoms with van der Waals surface area (Å²) in [5, 5.41) is 10.8. The number of nitriles is 1. The van der Waals surface area contributed by atoms with Crippen molar-refractivity contribution in [2.24, 2.45) is 23.7 Å². The molecule has 41 heavy (non-hydrogen) atoms. The Balaban J connectivity index is 1.05. The number of benzene rings is 3. The molecule has 3 atom stereocenters. The molecule has 5 nitrogen and oxygen atoms in total. The summed E-state index contributed by atoms with van der Waals surface area (Å²) >= 11 is 0.